The standard InChI is InChI=1S/C14H17BrN4O2/c1-14(2,3)12-11(19(20)21)13(16)18(17-12)8-9-6-4-5-7-10(9)15/h4-7H,8,16H2,1-3H3. The van der Waals surface area contributed by atoms with Crippen LogP contribution in [-0.4, -0.2) is 14.7 Å². The van der Waals surface area contributed by atoms with E-state index in [9.17, 15) is 10.1 Å². The third-order valence-electron chi connectivity index (χ3n) is 3.14. The van der Waals surface area contributed by atoms with E-state index >= 15 is 0 Å². The zero-order valence-corrected chi connectivity index (χ0v) is 13.7. The van der Waals surface area contributed by atoms with Crippen LogP contribution >= 0.6 is 15.9 Å². The highest BCUT2D eigenvalue weighted by Gasteiger charge is 2.33. The van der Waals surface area contributed by atoms with Gasteiger partial charge in [-0.15, -0.1) is 0 Å². The summed E-state index contributed by atoms with van der Waals surface area (Å²) in [5.41, 5.74) is 6.75. The molecule has 0 bridgehead atoms. The average Bonchev–Trinajstić information content (AvgIpc) is 2.70. The van der Waals surface area contributed by atoms with Gasteiger partial charge >= 0.3 is 5.69 Å². The number of halogens is 1. The molecule has 0 saturated carbocycles. The maximum Gasteiger partial charge on any atom is 0.334 e. The van der Waals surface area contributed by atoms with Crippen LogP contribution < -0.4 is 5.73 Å². The van der Waals surface area contributed by atoms with E-state index in [1.165, 1.54) is 4.68 Å². The number of nitrogen functional groups attached to an aromatic ring is 1. The van der Waals surface area contributed by atoms with Gasteiger partial charge in [0.2, 0.25) is 5.82 Å². The molecule has 112 valence electrons. The summed E-state index contributed by atoms with van der Waals surface area (Å²) in [5, 5.41) is 15.7. The average molecular weight is 353 g/mol. The van der Waals surface area contributed by atoms with Crippen molar-refractivity contribution in [1.82, 2.24) is 9.78 Å². The summed E-state index contributed by atoms with van der Waals surface area (Å²) in [7, 11) is 0. The molecule has 0 aliphatic carbocycles. The summed E-state index contributed by atoms with van der Waals surface area (Å²) >= 11 is 3.46. The number of hydrogen-bond donors (Lipinski definition) is 1. The largest absolute Gasteiger partial charge is 0.378 e. The number of nitro groups is 1. The van der Waals surface area contributed by atoms with Crippen LogP contribution in [0.3, 0.4) is 0 Å². The highest BCUT2D eigenvalue weighted by molar-refractivity contribution is 9.10. The Hall–Kier alpha value is -1.89. The fourth-order valence-electron chi connectivity index (χ4n) is 2.06. The van der Waals surface area contributed by atoms with Crippen LogP contribution in [0, 0.1) is 10.1 Å². The summed E-state index contributed by atoms with van der Waals surface area (Å²) < 4.78 is 2.40. The first kappa shape index (κ1) is 15.5. The van der Waals surface area contributed by atoms with Gasteiger partial charge in [0.15, 0.2) is 0 Å². The molecule has 2 N–H and O–H groups in total. The molecule has 1 aromatic carbocycles. The van der Waals surface area contributed by atoms with E-state index in [1.807, 2.05) is 45.0 Å². The Kier molecular flexibility index (Phi) is 4.04. The van der Waals surface area contributed by atoms with Crippen LogP contribution in [-0.2, 0) is 12.0 Å². The lowest BCUT2D eigenvalue weighted by Crippen LogP contribution is -2.14. The first-order valence-electron chi connectivity index (χ1n) is 6.46. The van der Waals surface area contributed by atoms with Crippen molar-refractivity contribution < 1.29 is 4.92 Å². The van der Waals surface area contributed by atoms with E-state index < -0.39 is 10.3 Å². The van der Waals surface area contributed by atoms with E-state index in [0.29, 0.717) is 12.2 Å². The van der Waals surface area contributed by atoms with Gasteiger partial charge in [-0.25, -0.2) is 4.68 Å². The van der Waals surface area contributed by atoms with Gasteiger partial charge < -0.3 is 5.73 Å². The molecule has 0 saturated heterocycles. The highest BCUT2D eigenvalue weighted by Crippen LogP contribution is 2.35. The van der Waals surface area contributed by atoms with Crippen LogP contribution in [0.1, 0.15) is 32.0 Å². The lowest BCUT2D eigenvalue weighted by atomic mass is 9.91. The molecule has 0 atom stereocenters. The second-order valence-electron chi connectivity index (χ2n) is 5.84. The van der Waals surface area contributed by atoms with E-state index in [1.54, 1.807) is 0 Å². The molecule has 21 heavy (non-hydrogen) atoms. The molecule has 2 aromatic rings. The molecule has 0 unspecified atom stereocenters. The van der Waals surface area contributed by atoms with Crippen molar-refractivity contribution in [3.63, 3.8) is 0 Å². The van der Waals surface area contributed by atoms with Crippen LogP contribution in [0.25, 0.3) is 0 Å². The first-order chi connectivity index (χ1) is 9.71. The Morgan fingerprint density at radius 2 is 2.00 bits per heavy atom. The molecule has 0 aliphatic rings. The lowest BCUT2D eigenvalue weighted by molar-refractivity contribution is -0.385. The Morgan fingerprint density at radius 1 is 1.38 bits per heavy atom. The maximum absolute atomic E-state index is 11.3. The Labute approximate surface area is 131 Å². The fourth-order valence-corrected chi connectivity index (χ4v) is 2.47. The summed E-state index contributed by atoms with van der Waals surface area (Å²) in [6, 6.07) is 7.64. The number of hydrogen-bond acceptors (Lipinski definition) is 4. The molecular weight excluding hydrogens is 336 g/mol. The smallest absolute Gasteiger partial charge is 0.334 e. The van der Waals surface area contributed by atoms with Crippen LogP contribution in [0.5, 0.6) is 0 Å². The number of nitrogens with zero attached hydrogens (tertiary/aromatic N) is 3. The predicted molar refractivity (Wildman–Crippen MR) is 85.2 cm³/mol. The van der Waals surface area contributed by atoms with E-state index in [4.69, 9.17) is 5.73 Å². The van der Waals surface area contributed by atoms with Gasteiger partial charge in [-0.3, -0.25) is 10.1 Å². The van der Waals surface area contributed by atoms with Crippen LogP contribution in [0.4, 0.5) is 11.5 Å². The molecule has 0 fully saturated rings. The van der Waals surface area contributed by atoms with Gasteiger partial charge in [0.1, 0.15) is 5.69 Å². The molecule has 1 aromatic heterocycles. The van der Waals surface area contributed by atoms with Crippen molar-refractivity contribution in [3.05, 3.63) is 50.1 Å². The molecule has 0 aliphatic heterocycles. The molecule has 0 spiro atoms. The Morgan fingerprint density at radius 3 is 2.48 bits per heavy atom. The normalized spacial score (nSPS) is 11.6. The Bertz CT molecular complexity index is 689. The molecule has 1 heterocycles. The van der Waals surface area contributed by atoms with Crippen molar-refractivity contribution in [1.29, 1.82) is 0 Å². The SMILES string of the molecule is CC(C)(C)c1nn(Cc2ccccc2Br)c(N)c1[N+](=O)[O-]. The number of benzene rings is 1. The number of aromatic nitrogens is 2. The number of anilines is 1. The van der Waals surface area contributed by atoms with E-state index in [2.05, 4.69) is 21.0 Å². The highest BCUT2D eigenvalue weighted by atomic mass is 79.9. The molecule has 6 nitrogen and oxygen atoms in total. The van der Waals surface area contributed by atoms with Crippen LogP contribution in [0.15, 0.2) is 28.7 Å². The summed E-state index contributed by atoms with van der Waals surface area (Å²) in [6.45, 7) is 6.02. The van der Waals surface area contributed by atoms with Gasteiger partial charge in [-0.2, -0.15) is 5.10 Å². The predicted octanol–water partition coefficient (Wildman–Crippen LogP) is 3.48. The zero-order valence-electron chi connectivity index (χ0n) is 12.1. The summed E-state index contributed by atoms with van der Waals surface area (Å²) in [6.07, 6.45) is 0. The van der Waals surface area contributed by atoms with Crippen molar-refractivity contribution in [2.24, 2.45) is 0 Å². The second kappa shape index (κ2) is 5.48. The minimum absolute atomic E-state index is 0.0840. The van der Waals surface area contributed by atoms with E-state index in [-0.39, 0.29) is 11.5 Å². The van der Waals surface area contributed by atoms with Crippen molar-refractivity contribution in [3.8, 4) is 0 Å². The lowest BCUT2D eigenvalue weighted by Gasteiger charge is -2.13. The second-order valence-corrected chi connectivity index (χ2v) is 6.69. The summed E-state index contributed by atoms with van der Waals surface area (Å²) in [4.78, 5) is 10.8. The minimum Gasteiger partial charge on any atom is -0.378 e. The zero-order chi connectivity index (χ0) is 15.8. The van der Waals surface area contributed by atoms with Crippen molar-refractivity contribution >= 4 is 27.4 Å². The Balaban J connectivity index is 2.51. The third kappa shape index (κ3) is 3.07. The minimum atomic E-state index is -0.459. The summed E-state index contributed by atoms with van der Waals surface area (Å²) in [5.74, 6) is 0.0840. The molecular formula is C14H17BrN4O2. The maximum atomic E-state index is 11.3. The third-order valence-corrected chi connectivity index (χ3v) is 3.91. The molecule has 0 amide bonds. The molecule has 2 rings (SSSR count). The monoisotopic (exact) mass is 352 g/mol. The van der Waals surface area contributed by atoms with Gasteiger partial charge in [0, 0.05) is 9.89 Å². The fraction of sp³-hybridized carbons (Fsp3) is 0.357. The number of rotatable bonds is 3. The molecule has 7 heteroatoms. The van der Waals surface area contributed by atoms with Crippen molar-refractivity contribution in [2.45, 2.75) is 32.7 Å². The van der Waals surface area contributed by atoms with Crippen molar-refractivity contribution in [2.75, 3.05) is 5.73 Å². The van der Waals surface area contributed by atoms with Gasteiger partial charge in [-0.1, -0.05) is 54.9 Å². The first-order valence-corrected chi connectivity index (χ1v) is 7.25. The topological polar surface area (TPSA) is 87.0 Å². The van der Waals surface area contributed by atoms with Crippen LogP contribution in [0.2, 0.25) is 0 Å². The van der Waals surface area contributed by atoms with E-state index in [0.717, 1.165) is 10.0 Å². The molecule has 0 radical (unpaired) electrons. The van der Waals surface area contributed by atoms with Gasteiger partial charge in [0.25, 0.3) is 0 Å². The quantitative estimate of drug-likeness (QED) is 0.676. The van der Waals surface area contributed by atoms with Gasteiger partial charge in [-0.05, 0) is 11.6 Å². The van der Waals surface area contributed by atoms with Gasteiger partial charge in [0.05, 0.1) is 11.5 Å². The number of nitrogens with two attached hydrogens (primary N) is 1.